The summed E-state index contributed by atoms with van der Waals surface area (Å²) in [7, 11) is 0. The van der Waals surface area contributed by atoms with Gasteiger partial charge in [0, 0.05) is 10.2 Å². The molecular weight excluding hydrogens is 275 g/mol. The molecule has 0 saturated heterocycles. The van der Waals surface area contributed by atoms with Gasteiger partial charge in [-0.1, -0.05) is 26.0 Å². The zero-order valence-electron chi connectivity index (χ0n) is 8.09. The van der Waals surface area contributed by atoms with Gasteiger partial charge in [0.05, 0.1) is 6.61 Å². The summed E-state index contributed by atoms with van der Waals surface area (Å²) in [4.78, 5) is 0. The summed E-state index contributed by atoms with van der Waals surface area (Å²) < 4.78 is 6.80. The summed E-state index contributed by atoms with van der Waals surface area (Å²) >= 11 is 2.32. The van der Waals surface area contributed by atoms with Crippen molar-refractivity contribution in [2.24, 2.45) is 5.92 Å². The average molecular weight is 290 g/mol. The van der Waals surface area contributed by atoms with Crippen molar-refractivity contribution < 1.29 is 4.74 Å². The van der Waals surface area contributed by atoms with E-state index in [1.165, 1.54) is 9.13 Å². The molecule has 1 aromatic rings. The summed E-state index contributed by atoms with van der Waals surface area (Å²) in [5, 5.41) is 0. The van der Waals surface area contributed by atoms with E-state index in [4.69, 9.17) is 4.74 Å². The molecule has 1 rings (SSSR count). The highest BCUT2D eigenvalue weighted by Crippen LogP contribution is 2.09. The molecule has 0 radical (unpaired) electrons. The minimum absolute atomic E-state index is 0.614. The third-order valence-electron chi connectivity index (χ3n) is 1.61. The predicted octanol–water partition coefficient (Wildman–Crippen LogP) is 3.46. The monoisotopic (exact) mass is 290 g/mol. The number of rotatable bonds is 4. The second-order valence-electron chi connectivity index (χ2n) is 3.54. The molecule has 0 amide bonds. The van der Waals surface area contributed by atoms with E-state index in [9.17, 15) is 0 Å². The molecule has 0 N–H and O–H groups in total. The zero-order valence-corrected chi connectivity index (χ0v) is 10.2. The first-order chi connectivity index (χ1) is 6.18. The fourth-order valence-electron chi connectivity index (χ4n) is 1.04. The van der Waals surface area contributed by atoms with Gasteiger partial charge in [-0.3, -0.25) is 0 Å². The molecule has 0 aliphatic rings. The van der Waals surface area contributed by atoms with Crippen molar-refractivity contribution >= 4 is 22.6 Å². The lowest BCUT2D eigenvalue weighted by Gasteiger charge is -2.06. The summed E-state index contributed by atoms with van der Waals surface area (Å²) in [6.45, 7) is 5.89. The first-order valence-electron chi connectivity index (χ1n) is 4.50. The Bertz CT molecular complexity index is 258. The SMILES string of the molecule is CC(C)COCc1cccc(I)c1. The molecule has 0 aliphatic heterocycles. The van der Waals surface area contributed by atoms with Crippen LogP contribution in [0.2, 0.25) is 0 Å². The Balaban J connectivity index is 2.37. The Morgan fingerprint density at radius 2 is 2.15 bits per heavy atom. The van der Waals surface area contributed by atoms with E-state index in [1.54, 1.807) is 0 Å². The maximum Gasteiger partial charge on any atom is 0.0717 e. The van der Waals surface area contributed by atoms with Gasteiger partial charge in [-0.25, -0.2) is 0 Å². The molecule has 72 valence electrons. The van der Waals surface area contributed by atoms with Crippen LogP contribution in [0, 0.1) is 9.49 Å². The highest BCUT2D eigenvalue weighted by atomic mass is 127. The molecule has 0 bridgehead atoms. The van der Waals surface area contributed by atoms with E-state index >= 15 is 0 Å². The van der Waals surface area contributed by atoms with E-state index in [-0.39, 0.29) is 0 Å². The van der Waals surface area contributed by atoms with Gasteiger partial charge in [-0.05, 0) is 46.2 Å². The molecule has 13 heavy (non-hydrogen) atoms. The van der Waals surface area contributed by atoms with Gasteiger partial charge in [0.25, 0.3) is 0 Å². The van der Waals surface area contributed by atoms with Crippen LogP contribution in [-0.2, 0) is 11.3 Å². The second-order valence-corrected chi connectivity index (χ2v) is 4.78. The van der Waals surface area contributed by atoms with E-state index < -0.39 is 0 Å². The smallest absolute Gasteiger partial charge is 0.0717 e. The molecule has 1 nitrogen and oxygen atoms in total. The van der Waals surface area contributed by atoms with Crippen LogP contribution in [0.15, 0.2) is 24.3 Å². The summed E-state index contributed by atoms with van der Waals surface area (Å²) in [5.41, 5.74) is 1.26. The fourth-order valence-corrected chi connectivity index (χ4v) is 1.65. The van der Waals surface area contributed by atoms with Crippen LogP contribution in [0.25, 0.3) is 0 Å². The Hall–Kier alpha value is -0.0900. The molecule has 0 fully saturated rings. The number of hydrogen-bond acceptors (Lipinski definition) is 1. The minimum Gasteiger partial charge on any atom is -0.377 e. The van der Waals surface area contributed by atoms with Crippen LogP contribution < -0.4 is 0 Å². The van der Waals surface area contributed by atoms with Crippen molar-refractivity contribution in [2.75, 3.05) is 6.61 Å². The summed E-state index contributed by atoms with van der Waals surface area (Å²) in [6.07, 6.45) is 0. The van der Waals surface area contributed by atoms with Crippen molar-refractivity contribution in [3.63, 3.8) is 0 Å². The Kier molecular flexibility index (Phi) is 4.73. The standard InChI is InChI=1S/C11H15IO/c1-9(2)7-13-8-10-4-3-5-11(12)6-10/h3-6,9H,7-8H2,1-2H3. The van der Waals surface area contributed by atoms with Gasteiger partial charge in [0.15, 0.2) is 0 Å². The first kappa shape index (κ1) is 11.0. The van der Waals surface area contributed by atoms with Gasteiger partial charge >= 0.3 is 0 Å². The molecule has 0 aromatic heterocycles. The Morgan fingerprint density at radius 3 is 2.77 bits per heavy atom. The van der Waals surface area contributed by atoms with Gasteiger partial charge in [0.2, 0.25) is 0 Å². The average Bonchev–Trinajstić information content (AvgIpc) is 2.03. The number of benzene rings is 1. The van der Waals surface area contributed by atoms with Crippen LogP contribution in [-0.4, -0.2) is 6.61 Å². The zero-order chi connectivity index (χ0) is 9.68. The maximum absolute atomic E-state index is 5.53. The number of halogens is 1. The largest absolute Gasteiger partial charge is 0.377 e. The van der Waals surface area contributed by atoms with Gasteiger partial charge < -0.3 is 4.74 Å². The van der Waals surface area contributed by atoms with Crippen molar-refractivity contribution in [1.82, 2.24) is 0 Å². The van der Waals surface area contributed by atoms with Gasteiger partial charge in [0.1, 0.15) is 0 Å². The topological polar surface area (TPSA) is 9.23 Å². The lowest BCUT2D eigenvalue weighted by molar-refractivity contribution is 0.0970. The molecule has 0 aliphatic carbocycles. The maximum atomic E-state index is 5.53. The van der Waals surface area contributed by atoms with E-state index in [0.29, 0.717) is 5.92 Å². The van der Waals surface area contributed by atoms with E-state index in [2.05, 4.69) is 60.7 Å². The van der Waals surface area contributed by atoms with Crippen LogP contribution in [0.4, 0.5) is 0 Å². The third-order valence-corrected chi connectivity index (χ3v) is 2.28. The Morgan fingerprint density at radius 1 is 1.38 bits per heavy atom. The van der Waals surface area contributed by atoms with Crippen LogP contribution in [0.5, 0.6) is 0 Å². The van der Waals surface area contributed by atoms with Crippen molar-refractivity contribution in [3.05, 3.63) is 33.4 Å². The second kappa shape index (κ2) is 5.60. The number of ether oxygens (including phenoxy) is 1. The van der Waals surface area contributed by atoms with Crippen molar-refractivity contribution in [3.8, 4) is 0 Å². The Labute approximate surface area is 93.6 Å². The summed E-state index contributed by atoms with van der Waals surface area (Å²) in [5.74, 6) is 0.614. The van der Waals surface area contributed by atoms with Crippen LogP contribution >= 0.6 is 22.6 Å². The molecule has 0 unspecified atom stereocenters. The first-order valence-corrected chi connectivity index (χ1v) is 5.58. The highest BCUT2D eigenvalue weighted by Gasteiger charge is 1.96. The molecule has 0 spiro atoms. The highest BCUT2D eigenvalue weighted by molar-refractivity contribution is 14.1. The molecule has 1 aromatic carbocycles. The normalized spacial score (nSPS) is 10.8. The van der Waals surface area contributed by atoms with E-state index in [0.717, 1.165) is 13.2 Å². The lowest BCUT2D eigenvalue weighted by atomic mass is 10.2. The van der Waals surface area contributed by atoms with Crippen molar-refractivity contribution in [1.29, 1.82) is 0 Å². The quantitative estimate of drug-likeness (QED) is 0.772. The molecule has 0 atom stereocenters. The van der Waals surface area contributed by atoms with E-state index in [1.807, 2.05) is 0 Å². The third kappa shape index (κ3) is 4.62. The van der Waals surface area contributed by atoms with Gasteiger partial charge in [-0.15, -0.1) is 0 Å². The van der Waals surface area contributed by atoms with Crippen LogP contribution in [0.1, 0.15) is 19.4 Å². The lowest BCUT2D eigenvalue weighted by Crippen LogP contribution is -2.01. The molecule has 0 heterocycles. The molecular formula is C11H15IO. The molecule has 0 saturated carbocycles. The van der Waals surface area contributed by atoms with Gasteiger partial charge in [-0.2, -0.15) is 0 Å². The van der Waals surface area contributed by atoms with Crippen molar-refractivity contribution in [2.45, 2.75) is 20.5 Å². The number of hydrogen-bond donors (Lipinski definition) is 0. The predicted molar refractivity (Wildman–Crippen MR) is 63.7 cm³/mol. The fraction of sp³-hybridized carbons (Fsp3) is 0.455. The summed E-state index contributed by atoms with van der Waals surface area (Å²) in [6, 6.07) is 8.41. The minimum atomic E-state index is 0.614. The molecule has 2 heteroatoms. The van der Waals surface area contributed by atoms with Crippen LogP contribution in [0.3, 0.4) is 0 Å².